The molecule has 2 aromatic carbocycles. The number of hydrogen-bond acceptors (Lipinski definition) is 5. The SMILES string of the molecule is CCOc1ccccc1N1CC(C(=O)Nc2cccc(CN3C(=O)CNC3=O)c2)CC1=O. The Morgan fingerprint density at radius 3 is 2.69 bits per heavy atom. The van der Waals surface area contributed by atoms with Crippen LogP contribution in [-0.2, 0) is 20.9 Å². The molecule has 0 radical (unpaired) electrons. The molecule has 0 bridgehead atoms. The highest BCUT2D eigenvalue weighted by molar-refractivity contribution is 6.04. The van der Waals surface area contributed by atoms with Crippen molar-refractivity contribution in [1.82, 2.24) is 10.2 Å². The van der Waals surface area contributed by atoms with Crippen LogP contribution in [0, 0.1) is 5.92 Å². The van der Waals surface area contributed by atoms with E-state index in [9.17, 15) is 19.2 Å². The van der Waals surface area contributed by atoms with E-state index in [0.29, 0.717) is 29.3 Å². The molecule has 2 fully saturated rings. The number of hydrogen-bond donors (Lipinski definition) is 2. The first-order chi connectivity index (χ1) is 15.5. The number of ether oxygens (including phenoxy) is 1. The van der Waals surface area contributed by atoms with E-state index in [0.717, 1.165) is 4.90 Å². The van der Waals surface area contributed by atoms with E-state index >= 15 is 0 Å². The zero-order valence-electron chi connectivity index (χ0n) is 17.7. The van der Waals surface area contributed by atoms with Gasteiger partial charge in [-0.3, -0.25) is 19.3 Å². The molecule has 166 valence electrons. The van der Waals surface area contributed by atoms with E-state index in [1.54, 1.807) is 35.2 Å². The monoisotopic (exact) mass is 436 g/mol. The van der Waals surface area contributed by atoms with Crippen molar-refractivity contribution in [2.24, 2.45) is 5.92 Å². The van der Waals surface area contributed by atoms with Gasteiger partial charge in [-0.15, -0.1) is 0 Å². The molecule has 0 aromatic heterocycles. The van der Waals surface area contributed by atoms with Crippen LogP contribution >= 0.6 is 0 Å². The summed E-state index contributed by atoms with van der Waals surface area (Å²) in [5.41, 5.74) is 1.91. The van der Waals surface area contributed by atoms with E-state index in [4.69, 9.17) is 4.74 Å². The smallest absolute Gasteiger partial charge is 0.324 e. The highest BCUT2D eigenvalue weighted by atomic mass is 16.5. The summed E-state index contributed by atoms with van der Waals surface area (Å²) in [6.07, 6.45) is 0.106. The van der Waals surface area contributed by atoms with E-state index < -0.39 is 11.9 Å². The van der Waals surface area contributed by atoms with Crippen LogP contribution in [0.15, 0.2) is 48.5 Å². The van der Waals surface area contributed by atoms with Crippen molar-refractivity contribution in [2.75, 3.05) is 29.9 Å². The summed E-state index contributed by atoms with van der Waals surface area (Å²) in [6.45, 7) is 2.73. The number of urea groups is 1. The van der Waals surface area contributed by atoms with E-state index in [-0.39, 0.29) is 43.8 Å². The third-order valence-electron chi connectivity index (χ3n) is 5.42. The molecular weight excluding hydrogens is 412 g/mol. The predicted octanol–water partition coefficient (Wildman–Crippen LogP) is 2.13. The molecule has 0 spiro atoms. The van der Waals surface area contributed by atoms with Gasteiger partial charge in [0.2, 0.25) is 17.7 Å². The van der Waals surface area contributed by atoms with Gasteiger partial charge in [0.05, 0.1) is 31.3 Å². The normalized spacial score (nSPS) is 18.2. The Morgan fingerprint density at radius 2 is 1.94 bits per heavy atom. The molecule has 9 nitrogen and oxygen atoms in total. The third-order valence-corrected chi connectivity index (χ3v) is 5.42. The average Bonchev–Trinajstić information content (AvgIpc) is 3.32. The number of anilines is 2. The summed E-state index contributed by atoms with van der Waals surface area (Å²) < 4.78 is 5.62. The first-order valence-corrected chi connectivity index (χ1v) is 10.5. The van der Waals surface area contributed by atoms with Gasteiger partial charge in [-0.2, -0.15) is 0 Å². The van der Waals surface area contributed by atoms with Crippen molar-refractivity contribution in [3.05, 3.63) is 54.1 Å². The Morgan fingerprint density at radius 1 is 1.12 bits per heavy atom. The number of rotatable bonds is 7. The molecule has 2 N–H and O–H groups in total. The van der Waals surface area contributed by atoms with Crippen LogP contribution in [0.2, 0.25) is 0 Å². The number of carbonyl (C=O) groups excluding carboxylic acids is 4. The van der Waals surface area contributed by atoms with Crippen LogP contribution in [0.4, 0.5) is 16.2 Å². The van der Waals surface area contributed by atoms with Gasteiger partial charge in [0.25, 0.3) is 0 Å². The second-order valence-corrected chi connectivity index (χ2v) is 7.63. The molecular formula is C23H24N4O5. The van der Waals surface area contributed by atoms with Crippen molar-refractivity contribution in [1.29, 1.82) is 0 Å². The minimum Gasteiger partial charge on any atom is -0.492 e. The maximum atomic E-state index is 12.9. The molecule has 1 atom stereocenters. The number of para-hydroxylation sites is 2. The standard InChI is InChI=1S/C23H24N4O5/c1-2-32-19-9-4-3-8-18(19)26-14-16(11-20(26)28)22(30)25-17-7-5-6-15(10-17)13-27-21(29)12-24-23(27)31/h3-10,16H,2,11-14H2,1H3,(H,24,31)(H,25,30). The molecule has 2 aromatic rings. The molecule has 2 aliphatic rings. The number of amides is 5. The van der Waals surface area contributed by atoms with Crippen LogP contribution in [-0.4, -0.2) is 48.3 Å². The maximum Gasteiger partial charge on any atom is 0.324 e. The fourth-order valence-corrected chi connectivity index (χ4v) is 3.86. The Labute approximate surface area is 185 Å². The van der Waals surface area contributed by atoms with Crippen molar-refractivity contribution in [3.8, 4) is 5.75 Å². The van der Waals surface area contributed by atoms with Crippen LogP contribution in [0.1, 0.15) is 18.9 Å². The minimum atomic E-state index is -0.508. The van der Waals surface area contributed by atoms with Crippen LogP contribution in [0.25, 0.3) is 0 Å². The molecule has 0 aliphatic carbocycles. The first kappa shape index (κ1) is 21.4. The van der Waals surface area contributed by atoms with Crippen LogP contribution in [0.3, 0.4) is 0 Å². The molecule has 2 heterocycles. The fourth-order valence-electron chi connectivity index (χ4n) is 3.86. The lowest BCUT2D eigenvalue weighted by Crippen LogP contribution is -2.30. The first-order valence-electron chi connectivity index (χ1n) is 10.5. The highest BCUT2D eigenvalue weighted by Gasteiger charge is 2.36. The Balaban J connectivity index is 1.42. The van der Waals surface area contributed by atoms with Gasteiger partial charge in [0.1, 0.15) is 5.75 Å². The summed E-state index contributed by atoms with van der Waals surface area (Å²) >= 11 is 0. The molecule has 9 heteroatoms. The lowest BCUT2D eigenvalue weighted by atomic mass is 10.1. The fraction of sp³-hybridized carbons (Fsp3) is 0.304. The quantitative estimate of drug-likeness (QED) is 0.647. The molecule has 2 aliphatic heterocycles. The summed E-state index contributed by atoms with van der Waals surface area (Å²) in [4.78, 5) is 51.7. The molecule has 0 saturated carbocycles. The van der Waals surface area contributed by atoms with Crippen molar-refractivity contribution < 1.29 is 23.9 Å². The summed E-state index contributed by atoms with van der Waals surface area (Å²) in [5, 5.41) is 5.33. The van der Waals surface area contributed by atoms with Gasteiger partial charge in [0, 0.05) is 18.7 Å². The van der Waals surface area contributed by atoms with Gasteiger partial charge in [-0.25, -0.2) is 4.79 Å². The molecule has 2 saturated heterocycles. The van der Waals surface area contributed by atoms with Crippen molar-refractivity contribution in [2.45, 2.75) is 19.9 Å². The van der Waals surface area contributed by atoms with E-state index in [1.807, 2.05) is 25.1 Å². The van der Waals surface area contributed by atoms with E-state index in [2.05, 4.69) is 10.6 Å². The number of carbonyl (C=O) groups is 4. The topological polar surface area (TPSA) is 108 Å². The minimum absolute atomic E-state index is 0.00606. The molecule has 32 heavy (non-hydrogen) atoms. The van der Waals surface area contributed by atoms with Crippen molar-refractivity contribution >= 4 is 35.1 Å². The Kier molecular flexibility index (Phi) is 6.07. The molecule has 5 amide bonds. The summed E-state index contributed by atoms with van der Waals surface area (Å²) in [7, 11) is 0. The second kappa shape index (κ2) is 9.09. The lowest BCUT2D eigenvalue weighted by molar-refractivity contribution is -0.125. The highest BCUT2D eigenvalue weighted by Crippen LogP contribution is 2.33. The van der Waals surface area contributed by atoms with E-state index in [1.165, 1.54) is 0 Å². The zero-order chi connectivity index (χ0) is 22.7. The van der Waals surface area contributed by atoms with Gasteiger partial charge in [-0.1, -0.05) is 24.3 Å². The summed E-state index contributed by atoms with van der Waals surface area (Å²) in [6, 6.07) is 13.8. The number of nitrogens with zero attached hydrogens (tertiary/aromatic N) is 2. The molecule has 1 unspecified atom stereocenters. The van der Waals surface area contributed by atoms with Gasteiger partial charge in [-0.05, 0) is 36.8 Å². The zero-order valence-corrected chi connectivity index (χ0v) is 17.7. The largest absolute Gasteiger partial charge is 0.492 e. The van der Waals surface area contributed by atoms with Crippen LogP contribution in [0.5, 0.6) is 5.75 Å². The van der Waals surface area contributed by atoms with Crippen LogP contribution < -0.4 is 20.3 Å². The number of nitrogens with one attached hydrogen (secondary N) is 2. The third kappa shape index (κ3) is 4.41. The Bertz CT molecular complexity index is 1050. The Hall–Kier alpha value is -3.88. The molecule has 4 rings (SSSR count). The predicted molar refractivity (Wildman–Crippen MR) is 117 cm³/mol. The van der Waals surface area contributed by atoms with Gasteiger partial charge < -0.3 is 20.3 Å². The van der Waals surface area contributed by atoms with Gasteiger partial charge >= 0.3 is 6.03 Å². The summed E-state index contributed by atoms with van der Waals surface area (Å²) in [5.74, 6) is -0.586. The average molecular weight is 436 g/mol. The lowest BCUT2D eigenvalue weighted by Gasteiger charge is -2.20. The number of imide groups is 1. The number of benzene rings is 2. The maximum absolute atomic E-state index is 12.9. The van der Waals surface area contributed by atoms with Crippen molar-refractivity contribution in [3.63, 3.8) is 0 Å². The second-order valence-electron chi connectivity index (χ2n) is 7.63. The van der Waals surface area contributed by atoms with Gasteiger partial charge in [0.15, 0.2) is 0 Å².